The van der Waals surface area contributed by atoms with Gasteiger partial charge in [-0.25, -0.2) is 4.98 Å². The number of aryl methyl sites for hydroxylation is 1. The van der Waals surface area contributed by atoms with Crippen molar-refractivity contribution in [3.05, 3.63) is 24.3 Å². The highest BCUT2D eigenvalue weighted by Crippen LogP contribution is 2.33. The maximum Gasteiger partial charge on any atom is 0.206 e. The zero-order valence-electron chi connectivity index (χ0n) is 10.8. The molecule has 0 bridgehead atoms. The lowest BCUT2D eigenvalue weighted by Crippen LogP contribution is -2.35. The number of anilines is 1. The molecule has 4 heteroatoms. The van der Waals surface area contributed by atoms with E-state index in [1.165, 1.54) is 5.52 Å². The third-order valence-electron chi connectivity index (χ3n) is 3.82. The maximum absolute atomic E-state index is 6.03. The summed E-state index contributed by atoms with van der Waals surface area (Å²) >= 11 is 6.03. The normalized spacial score (nSPS) is 23.1. The van der Waals surface area contributed by atoms with Crippen molar-refractivity contribution in [1.29, 1.82) is 0 Å². The summed E-state index contributed by atoms with van der Waals surface area (Å²) in [4.78, 5) is 6.94. The van der Waals surface area contributed by atoms with Crippen molar-refractivity contribution in [3.63, 3.8) is 0 Å². The van der Waals surface area contributed by atoms with Gasteiger partial charge >= 0.3 is 0 Å². The molecule has 0 radical (unpaired) electrons. The number of benzene rings is 1. The van der Waals surface area contributed by atoms with Gasteiger partial charge in [-0.1, -0.05) is 12.1 Å². The molecule has 3 rings (SSSR count). The molecule has 0 atom stereocenters. The van der Waals surface area contributed by atoms with Crippen molar-refractivity contribution in [2.24, 2.45) is 13.0 Å². The number of aromatic nitrogens is 2. The van der Waals surface area contributed by atoms with Crippen LogP contribution in [0.5, 0.6) is 0 Å². The Morgan fingerprint density at radius 3 is 2.78 bits per heavy atom. The van der Waals surface area contributed by atoms with E-state index in [9.17, 15) is 0 Å². The SMILES string of the molecule is CN(CC1CC(Cl)C1)c1nc2ccccc2n1C. The highest BCUT2D eigenvalue weighted by atomic mass is 35.5. The topological polar surface area (TPSA) is 21.1 Å². The largest absolute Gasteiger partial charge is 0.345 e. The van der Waals surface area contributed by atoms with Gasteiger partial charge < -0.3 is 9.47 Å². The summed E-state index contributed by atoms with van der Waals surface area (Å²) in [6.45, 7) is 1.04. The third-order valence-corrected chi connectivity index (χ3v) is 4.17. The van der Waals surface area contributed by atoms with Crippen LogP contribution in [-0.2, 0) is 7.05 Å². The van der Waals surface area contributed by atoms with E-state index in [0.29, 0.717) is 5.38 Å². The molecule has 0 N–H and O–H groups in total. The minimum absolute atomic E-state index is 0.392. The van der Waals surface area contributed by atoms with E-state index in [-0.39, 0.29) is 0 Å². The van der Waals surface area contributed by atoms with Crippen LogP contribution in [0.4, 0.5) is 5.95 Å². The molecule has 3 nitrogen and oxygen atoms in total. The Bertz CT molecular complexity index is 557. The second kappa shape index (κ2) is 4.47. The fraction of sp³-hybridized carbons (Fsp3) is 0.500. The monoisotopic (exact) mass is 263 g/mol. The lowest BCUT2D eigenvalue weighted by atomic mass is 9.84. The molecule has 18 heavy (non-hydrogen) atoms. The first-order chi connectivity index (χ1) is 8.65. The molecule has 96 valence electrons. The van der Waals surface area contributed by atoms with Crippen molar-refractivity contribution < 1.29 is 0 Å². The molecular weight excluding hydrogens is 246 g/mol. The number of halogens is 1. The van der Waals surface area contributed by atoms with E-state index >= 15 is 0 Å². The van der Waals surface area contributed by atoms with Crippen molar-refractivity contribution in [2.45, 2.75) is 18.2 Å². The first-order valence-electron chi connectivity index (χ1n) is 6.42. The van der Waals surface area contributed by atoms with Crippen LogP contribution < -0.4 is 4.90 Å². The molecule has 0 saturated heterocycles. The van der Waals surface area contributed by atoms with Crippen molar-refractivity contribution in [2.75, 3.05) is 18.5 Å². The average Bonchev–Trinajstić information content (AvgIpc) is 2.66. The average molecular weight is 264 g/mol. The standard InChI is InChI=1S/C14H18ClN3/c1-17(9-10-7-11(15)8-10)14-16-12-5-3-4-6-13(12)18(14)2/h3-6,10-11H,7-9H2,1-2H3. The minimum Gasteiger partial charge on any atom is -0.345 e. The number of hydrogen-bond acceptors (Lipinski definition) is 2. The molecule has 1 aliphatic carbocycles. The number of imidazole rings is 1. The molecule has 2 aromatic rings. The Labute approximate surface area is 112 Å². The molecular formula is C14H18ClN3. The number of para-hydroxylation sites is 2. The Morgan fingerprint density at radius 2 is 2.11 bits per heavy atom. The van der Waals surface area contributed by atoms with Gasteiger partial charge in [0.1, 0.15) is 0 Å². The van der Waals surface area contributed by atoms with Crippen LogP contribution in [0.15, 0.2) is 24.3 Å². The fourth-order valence-corrected chi connectivity index (χ4v) is 3.25. The Hall–Kier alpha value is -1.22. The summed E-state index contributed by atoms with van der Waals surface area (Å²) in [7, 11) is 4.19. The van der Waals surface area contributed by atoms with Crippen LogP contribution >= 0.6 is 11.6 Å². The van der Waals surface area contributed by atoms with Gasteiger partial charge in [-0.05, 0) is 30.9 Å². The molecule has 1 heterocycles. The highest BCUT2D eigenvalue weighted by molar-refractivity contribution is 6.21. The van der Waals surface area contributed by atoms with Crippen molar-refractivity contribution in [1.82, 2.24) is 9.55 Å². The van der Waals surface area contributed by atoms with Gasteiger partial charge in [0.05, 0.1) is 11.0 Å². The number of rotatable bonds is 3. The summed E-state index contributed by atoms with van der Waals surface area (Å²) in [6.07, 6.45) is 2.27. The summed E-state index contributed by atoms with van der Waals surface area (Å²) in [5.74, 6) is 1.76. The molecule has 0 spiro atoms. The molecule has 1 aromatic heterocycles. The number of nitrogens with zero attached hydrogens (tertiary/aromatic N) is 3. The van der Waals surface area contributed by atoms with Crippen LogP contribution in [0, 0.1) is 5.92 Å². The summed E-state index contributed by atoms with van der Waals surface area (Å²) in [5.41, 5.74) is 2.24. The fourth-order valence-electron chi connectivity index (χ4n) is 2.75. The summed E-state index contributed by atoms with van der Waals surface area (Å²) in [6, 6.07) is 8.25. The second-order valence-corrected chi connectivity index (χ2v) is 5.89. The zero-order valence-corrected chi connectivity index (χ0v) is 11.6. The predicted molar refractivity (Wildman–Crippen MR) is 76.3 cm³/mol. The first-order valence-corrected chi connectivity index (χ1v) is 6.85. The van der Waals surface area contributed by atoms with E-state index in [1.807, 2.05) is 6.07 Å². The molecule has 0 amide bonds. The molecule has 1 saturated carbocycles. The van der Waals surface area contributed by atoms with Gasteiger partial charge in [-0.15, -0.1) is 11.6 Å². The molecule has 1 aliphatic rings. The van der Waals surface area contributed by atoms with E-state index < -0.39 is 0 Å². The first kappa shape index (κ1) is 11.8. The Kier molecular flexibility index (Phi) is 2.94. The quantitative estimate of drug-likeness (QED) is 0.794. The zero-order chi connectivity index (χ0) is 12.7. The lowest BCUT2D eigenvalue weighted by Gasteiger charge is -2.34. The van der Waals surface area contributed by atoms with E-state index in [0.717, 1.165) is 36.8 Å². The summed E-state index contributed by atoms with van der Waals surface area (Å²) < 4.78 is 2.16. The molecule has 0 aliphatic heterocycles. The number of fused-ring (bicyclic) bond motifs is 1. The smallest absolute Gasteiger partial charge is 0.206 e. The number of hydrogen-bond donors (Lipinski definition) is 0. The maximum atomic E-state index is 6.03. The number of alkyl halides is 1. The van der Waals surface area contributed by atoms with Gasteiger partial charge in [0, 0.05) is 26.0 Å². The van der Waals surface area contributed by atoms with Crippen LogP contribution in [-0.4, -0.2) is 28.5 Å². The summed E-state index contributed by atoms with van der Waals surface area (Å²) in [5, 5.41) is 0.392. The Morgan fingerprint density at radius 1 is 1.39 bits per heavy atom. The van der Waals surface area contributed by atoms with Gasteiger partial charge in [0.2, 0.25) is 5.95 Å². The molecule has 0 unspecified atom stereocenters. The Balaban J connectivity index is 1.82. The predicted octanol–water partition coefficient (Wildman–Crippen LogP) is 3.03. The van der Waals surface area contributed by atoms with Gasteiger partial charge in [0.25, 0.3) is 0 Å². The van der Waals surface area contributed by atoms with E-state index in [2.05, 4.69) is 41.8 Å². The van der Waals surface area contributed by atoms with Gasteiger partial charge in [0.15, 0.2) is 0 Å². The van der Waals surface area contributed by atoms with Crippen LogP contribution in [0.3, 0.4) is 0 Å². The van der Waals surface area contributed by atoms with Crippen LogP contribution in [0.25, 0.3) is 11.0 Å². The van der Waals surface area contributed by atoms with E-state index in [4.69, 9.17) is 16.6 Å². The lowest BCUT2D eigenvalue weighted by molar-refractivity contribution is 0.327. The van der Waals surface area contributed by atoms with E-state index in [1.54, 1.807) is 0 Å². The minimum atomic E-state index is 0.392. The molecule has 1 fully saturated rings. The van der Waals surface area contributed by atoms with Crippen molar-refractivity contribution in [3.8, 4) is 0 Å². The second-order valence-electron chi connectivity index (χ2n) is 5.27. The third kappa shape index (κ3) is 1.97. The van der Waals surface area contributed by atoms with Crippen LogP contribution in [0.2, 0.25) is 0 Å². The van der Waals surface area contributed by atoms with Crippen molar-refractivity contribution >= 4 is 28.6 Å². The molecule has 1 aromatic carbocycles. The van der Waals surface area contributed by atoms with Gasteiger partial charge in [-0.3, -0.25) is 0 Å². The highest BCUT2D eigenvalue weighted by Gasteiger charge is 2.28. The van der Waals surface area contributed by atoms with Gasteiger partial charge in [-0.2, -0.15) is 0 Å². The van der Waals surface area contributed by atoms with Crippen LogP contribution in [0.1, 0.15) is 12.8 Å².